The van der Waals surface area contributed by atoms with Gasteiger partial charge in [-0.05, 0) is 52.6 Å². The van der Waals surface area contributed by atoms with E-state index in [-0.39, 0.29) is 0 Å². The molecule has 0 saturated heterocycles. The lowest BCUT2D eigenvalue weighted by Crippen LogP contribution is -2.15. The second-order valence-electron chi connectivity index (χ2n) is 7.30. The lowest BCUT2D eigenvalue weighted by atomic mass is 10.1. The maximum absolute atomic E-state index is 4.79. The molecular weight excluding hydrogens is 334 g/mol. The molecule has 0 fully saturated rings. The maximum atomic E-state index is 4.79. The molecule has 5 heteroatoms. The van der Waals surface area contributed by atoms with Crippen molar-refractivity contribution in [3.8, 4) is 16.8 Å². The molecule has 27 heavy (non-hydrogen) atoms. The van der Waals surface area contributed by atoms with Crippen LogP contribution in [-0.4, -0.2) is 45.3 Å². The minimum Gasteiger partial charge on any atom is -0.309 e. The van der Waals surface area contributed by atoms with Crippen LogP contribution in [0.5, 0.6) is 0 Å². The van der Waals surface area contributed by atoms with Gasteiger partial charge in [0.2, 0.25) is 0 Å². The number of rotatable bonds is 7. The molecule has 0 saturated carbocycles. The van der Waals surface area contributed by atoms with E-state index in [0.29, 0.717) is 0 Å². The summed E-state index contributed by atoms with van der Waals surface area (Å²) in [7, 11) is 4.17. The Labute approximate surface area is 162 Å². The van der Waals surface area contributed by atoms with E-state index in [1.54, 1.807) is 0 Å². The highest BCUT2D eigenvalue weighted by atomic mass is 15.3. The molecule has 0 amide bonds. The van der Waals surface area contributed by atoms with Gasteiger partial charge < -0.3 is 4.90 Å². The fraction of sp³-hybridized carbons (Fsp3) is 0.409. The topological polar surface area (TPSA) is 46.8 Å². The number of hydrogen-bond donors (Lipinski definition) is 0. The average molecular weight is 364 g/mol. The van der Waals surface area contributed by atoms with E-state index in [1.807, 2.05) is 23.1 Å². The Bertz CT molecular complexity index is 894. The standard InChI is InChI=1S/C22H29N5/c1-6-7-20-14-21(10-12-23-20)27-17(3)22(16(2)25-27)18-8-9-19(24-15-18)11-13-26(4)5/h8-10,12,14-15H,6-7,11,13H2,1-5H3. The minimum absolute atomic E-state index is 0.960. The van der Waals surface area contributed by atoms with Crippen molar-refractivity contribution in [2.45, 2.75) is 40.0 Å². The van der Waals surface area contributed by atoms with E-state index in [0.717, 1.165) is 65.4 Å². The average Bonchev–Trinajstić information content (AvgIpc) is 2.95. The first-order chi connectivity index (χ1) is 13.0. The molecule has 3 aromatic rings. The van der Waals surface area contributed by atoms with Crippen molar-refractivity contribution in [1.29, 1.82) is 0 Å². The Kier molecular flexibility index (Phi) is 6.01. The van der Waals surface area contributed by atoms with Gasteiger partial charge in [0.25, 0.3) is 0 Å². The molecule has 3 rings (SSSR count). The van der Waals surface area contributed by atoms with Crippen LogP contribution in [0.4, 0.5) is 0 Å². The molecule has 0 aliphatic rings. The van der Waals surface area contributed by atoms with Crippen LogP contribution in [0.3, 0.4) is 0 Å². The van der Waals surface area contributed by atoms with Crippen LogP contribution < -0.4 is 0 Å². The highest BCUT2D eigenvalue weighted by molar-refractivity contribution is 5.68. The molecule has 0 aromatic carbocycles. The van der Waals surface area contributed by atoms with Gasteiger partial charge in [0, 0.05) is 53.6 Å². The first-order valence-electron chi connectivity index (χ1n) is 9.61. The molecular formula is C22H29N5. The van der Waals surface area contributed by atoms with Gasteiger partial charge in [0.15, 0.2) is 0 Å². The van der Waals surface area contributed by atoms with Crippen LogP contribution in [0.25, 0.3) is 16.8 Å². The van der Waals surface area contributed by atoms with Crippen LogP contribution in [-0.2, 0) is 12.8 Å². The summed E-state index contributed by atoms with van der Waals surface area (Å²) in [4.78, 5) is 11.3. The van der Waals surface area contributed by atoms with Gasteiger partial charge in [-0.25, -0.2) is 4.68 Å². The van der Waals surface area contributed by atoms with E-state index in [2.05, 4.69) is 67.9 Å². The Morgan fingerprint density at radius 3 is 2.48 bits per heavy atom. The predicted octanol–water partition coefficient (Wildman–Crippen LogP) is 4.00. The van der Waals surface area contributed by atoms with Crippen molar-refractivity contribution in [2.75, 3.05) is 20.6 Å². The summed E-state index contributed by atoms with van der Waals surface area (Å²) < 4.78 is 2.02. The van der Waals surface area contributed by atoms with Gasteiger partial charge in [-0.3, -0.25) is 9.97 Å². The first-order valence-corrected chi connectivity index (χ1v) is 9.61. The summed E-state index contributed by atoms with van der Waals surface area (Å²) in [6.45, 7) is 7.36. The fourth-order valence-electron chi connectivity index (χ4n) is 3.36. The number of nitrogens with zero attached hydrogens (tertiary/aromatic N) is 5. The molecule has 3 aromatic heterocycles. The molecule has 0 radical (unpaired) electrons. The summed E-state index contributed by atoms with van der Waals surface area (Å²) in [5, 5.41) is 4.79. The summed E-state index contributed by atoms with van der Waals surface area (Å²) in [5.74, 6) is 0. The number of likely N-dealkylation sites (N-methyl/N-ethyl adjacent to an activating group) is 1. The Balaban J connectivity index is 1.91. The van der Waals surface area contributed by atoms with Crippen LogP contribution in [0, 0.1) is 13.8 Å². The van der Waals surface area contributed by atoms with Crippen molar-refractivity contribution >= 4 is 0 Å². The Morgan fingerprint density at radius 1 is 1.00 bits per heavy atom. The van der Waals surface area contributed by atoms with Crippen molar-refractivity contribution in [2.24, 2.45) is 0 Å². The predicted molar refractivity (Wildman–Crippen MR) is 110 cm³/mol. The molecule has 0 N–H and O–H groups in total. The van der Waals surface area contributed by atoms with Crippen molar-refractivity contribution in [3.05, 3.63) is 59.4 Å². The lowest BCUT2D eigenvalue weighted by Gasteiger charge is -2.09. The normalized spacial score (nSPS) is 11.3. The highest BCUT2D eigenvalue weighted by Gasteiger charge is 2.15. The van der Waals surface area contributed by atoms with Crippen LogP contribution in [0.2, 0.25) is 0 Å². The zero-order valence-corrected chi connectivity index (χ0v) is 17.0. The van der Waals surface area contributed by atoms with E-state index >= 15 is 0 Å². The third kappa shape index (κ3) is 4.42. The third-order valence-electron chi connectivity index (χ3n) is 4.77. The zero-order valence-electron chi connectivity index (χ0n) is 17.0. The van der Waals surface area contributed by atoms with Gasteiger partial charge in [-0.2, -0.15) is 5.10 Å². The van der Waals surface area contributed by atoms with Gasteiger partial charge in [-0.15, -0.1) is 0 Å². The van der Waals surface area contributed by atoms with E-state index in [4.69, 9.17) is 5.10 Å². The van der Waals surface area contributed by atoms with E-state index < -0.39 is 0 Å². The third-order valence-corrected chi connectivity index (χ3v) is 4.77. The van der Waals surface area contributed by atoms with Crippen LogP contribution in [0.15, 0.2) is 36.7 Å². The van der Waals surface area contributed by atoms with Crippen LogP contribution >= 0.6 is 0 Å². The number of aromatic nitrogens is 4. The minimum atomic E-state index is 0.960. The zero-order chi connectivity index (χ0) is 19.4. The second kappa shape index (κ2) is 8.44. The molecule has 0 atom stereocenters. The first kappa shape index (κ1) is 19.2. The van der Waals surface area contributed by atoms with Gasteiger partial charge >= 0.3 is 0 Å². The Morgan fingerprint density at radius 2 is 1.81 bits per heavy atom. The molecule has 142 valence electrons. The monoisotopic (exact) mass is 363 g/mol. The summed E-state index contributed by atoms with van der Waals surface area (Å²) >= 11 is 0. The maximum Gasteiger partial charge on any atom is 0.0682 e. The number of aryl methyl sites for hydroxylation is 2. The molecule has 0 bridgehead atoms. The number of pyridine rings is 2. The largest absolute Gasteiger partial charge is 0.309 e. The summed E-state index contributed by atoms with van der Waals surface area (Å²) in [6, 6.07) is 8.44. The summed E-state index contributed by atoms with van der Waals surface area (Å²) in [5.41, 5.74) is 7.72. The van der Waals surface area contributed by atoms with Gasteiger partial charge in [0.1, 0.15) is 0 Å². The number of hydrogen-bond acceptors (Lipinski definition) is 4. The van der Waals surface area contributed by atoms with Crippen molar-refractivity contribution in [1.82, 2.24) is 24.6 Å². The molecule has 0 aliphatic carbocycles. The van der Waals surface area contributed by atoms with Crippen molar-refractivity contribution in [3.63, 3.8) is 0 Å². The molecule has 0 unspecified atom stereocenters. The fourth-order valence-corrected chi connectivity index (χ4v) is 3.36. The van der Waals surface area contributed by atoms with Crippen LogP contribution in [0.1, 0.15) is 36.1 Å². The van der Waals surface area contributed by atoms with Gasteiger partial charge in [-0.1, -0.05) is 19.4 Å². The lowest BCUT2D eigenvalue weighted by molar-refractivity contribution is 0.412. The second-order valence-corrected chi connectivity index (χ2v) is 7.30. The van der Waals surface area contributed by atoms with E-state index in [9.17, 15) is 0 Å². The Hall–Kier alpha value is -2.53. The SMILES string of the molecule is CCCc1cc(-n2nc(C)c(-c3ccc(CCN(C)C)nc3)c2C)ccn1. The molecule has 0 aliphatic heterocycles. The summed E-state index contributed by atoms with van der Waals surface area (Å²) in [6.07, 6.45) is 6.88. The smallest absolute Gasteiger partial charge is 0.0682 e. The highest BCUT2D eigenvalue weighted by Crippen LogP contribution is 2.28. The molecule has 0 spiro atoms. The van der Waals surface area contributed by atoms with Gasteiger partial charge in [0.05, 0.1) is 11.4 Å². The molecule has 5 nitrogen and oxygen atoms in total. The van der Waals surface area contributed by atoms with Crippen molar-refractivity contribution < 1.29 is 0 Å². The molecule has 3 heterocycles. The van der Waals surface area contributed by atoms with E-state index in [1.165, 1.54) is 0 Å². The quantitative estimate of drug-likeness (QED) is 0.636.